The third-order valence-electron chi connectivity index (χ3n) is 5.85. The summed E-state index contributed by atoms with van der Waals surface area (Å²) in [6.45, 7) is 10.8. The Hall–Kier alpha value is -1.13. The zero-order chi connectivity index (χ0) is 16.7. The van der Waals surface area contributed by atoms with Crippen molar-refractivity contribution in [1.29, 1.82) is 0 Å². The largest absolute Gasteiger partial charge is 0.392 e. The van der Waals surface area contributed by atoms with E-state index in [2.05, 4.69) is 23.7 Å². The maximum Gasteiger partial charge on any atom is 0.169 e. The van der Waals surface area contributed by atoms with Crippen LogP contribution in [-0.2, 0) is 12.8 Å². The Morgan fingerprint density at radius 1 is 1.39 bits per heavy atom. The standard InChI is InChI=1S/C19H30N2O2/c1-5-14-12(4)20-16-8-13-6-7-21(10-17(22)11(2)3)9-15(13)19(23)18(14)16/h11,13,15,17,20,22H,5-10H2,1-4H3. The molecule has 0 bridgehead atoms. The number of fused-ring (bicyclic) bond motifs is 2. The molecule has 2 heterocycles. The van der Waals surface area contributed by atoms with Crippen LogP contribution < -0.4 is 0 Å². The van der Waals surface area contributed by atoms with Crippen LogP contribution in [0.3, 0.4) is 0 Å². The minimum atomic E-state index is -0.304. The van der Waals surface area contributed by atoms with Crippen molar-refractivity contribution in [1.82, 2.24) is 9.88 Å². The van der Waals surface area contributed by atoms with Gasteiger partial charge in [0, 0.05) is 36.0 Å². The highest BCUT2D eigenvalue weighted by Gasteiger charge is 2.41. The summed E-state index contributed by atoms with van der Waals surface area (Å²) >= 11 is 0. The molecule has 3 unspecified atom stereocenters. The summed E-state index contributed by atoms with van der Waals surface area (Å²) in [6.07, 6.45) is 2.67. The molecule has 4 nitrogen and oxygen atoms in total. The van der Waals surface area contributed by atoms with Crippen LogP contribution >= 0.6 is 0 Å². The topological polar surface area (TPSA) is 56.3 Å². The molecule has 0 radical (unpaired) electrons. The molecule has 23 heavy (non-hydrogen) atoms. The molecule has 2 aliphatic rings. The molecule has 1 aliphatic heterocycles. The van der Waals surface area contributed by atoms with Crippen molar-refractivity contribution >= 4 is 5.78 Å². The van der Waals surface area contributed by atoms with Gasteiger partial charge in [0.05, 0.1) is 6.10 Å². The molecular weight excluding hydrogens is 288 g/mol. The fourth-order valence-corrected chi connectivity index (χ4v) is 4.32. The first kappa shape index (κ1) is 16.7. The van der Waals surface area contributed by atoms with Gasteiger partial charge in [0.1, 0.15) is 0 Å². The van der Waals surface area contributed by atoms with E-state index in [1.807, 2.05) is 13.8 Å². The summed E-state index contributed by atoms with van der Waals surface area (Å²) in [5, 5.41) is 10.2. The maximum atomic E-state index is 13.1. The Balaban J connectivity index is 1.79. The predicted octanol–water partition coefficient (Wildman–Crippen LogP) is 2.58. The number of nitrogens with zero attached hydrogens (tertiary/aromatic N) is 1. The van der Waals surface area contributed by atoms with Crippen LogP contribution in [0.5, 0.6) is 0 Å². The molecular formula is C19H30N2O2. The second-order valence-corrected chi connectivity index (χ2v) is 7.73. The summed E-state index contributed by atoms with van der Waals surface area (Å²) in [6, 6.07) is 0. The number of rotatable bonds is 4. The highest BCUT2D eigenvalue weighted by Crippen LogP contribution is 2.38. The van der Waals surface area contributed by atoms with Crippen molar-refractivity contribution in [2.24, 2.45) is 17.8 Å². The Morgan fingerprint density at radius 3 is 2.78 bits per heavy atom. The second kappa shape index (κ2) is 6.40. The monoisotopic (exact) mass is 318 g/mol. The zero-order valence-corrected chi connectivity index (χ0v) is 14.9. The number of carbonyl (C=O) groups is 1. The molecule has 1 fully saturated rings. The summed E-state index contributed by atoms with van der Waals surface area (Å²) in [7, 11) is 0. The van der Waals surface area contributed by atoms with Gasteiger partial charge in [0.25, 0.3) is 0 Å². The van der Waals surface area contributed by atoms with Gasteiger partial charge in [0.15, 0.2) is 5.78 Å². The van der Waals surface area contributed by atoms with Crippen LogP contribution in [0, 0.1) is 24.7 Å². The summed E-state index contributed by atoms with van der Waals surface area (Å²) in [5.74, 6) is 1.17. The quantitative estimate of drug-likeness (QED) is 0.897. The van der Waals surface area contributed by atoms with E-state index in [-0.39, 0.29) is 17.9 Å². The fraction of sp³-hybridized carbons (Fsp3) is 0.737. The maximum absolute atomic E-state index is 13.1. The molecule has 3 atom stereocenters. The zero-order valence-electron chi connectivity index (χ0n) is 14.9. The van der Waals surface area contributed by atoms with Crippen molar-refractivity contribution in [3.05, 3.63) is 22.5 Å². The van der Waals surface area contributed by atoms with Crippen molar-refractivity contribution in [3.63, 3.8) is 0 Å². The number of aromatic amines is 1. The first-order valence-corrected chi connectivity index (χ1v) is 9.07. The van der Waals surface area contributed by atoms with Gasteiger partial charge in [-0.1, -0.05) is 20.8 Å². The van der Waals surface area contributed by atoms with Crippen LogP contribution in [0.1, 0.15) is 54.5 Å². The highest BCUT2D eigenvalue weighted by molar-refractivity contribution is 6.02. The van der Waals surface area contributed by atoms with Gasteiger partial charge in [-0.3, -0.25) is 4.79 Å². The van der Waals surface area contributed by atoms with Gasteiger partial charge in [-0.2, -0.15) is 0 Å². The summed E-state index contributed by atoms with van der Waals surface area (Å²) in [5.41, 5.74) is 4.53. The number of aliphatic hydroxyl groups excluding tert-OH is 1. The van der Waals surface area contributed by atoms with Gasteiger partial charge in [-0.25, -0.2) is 0 Å². The number of aryl methyl sites for hydroxylation is 1. The molecule has 3 rings (SSSR count). The molecule has 2 N–H and O–H groups in total. The summed E-state index contributed by atoms with van der Waals surface area (Å²) in [4.78, 5) is 18.9. The number of β-amino-alcohol motifs (C(OH)–C–C–N with tert-alkyl or cyclic N) is 1. The molecule has 4 heteroatoms. The third kappa shape index (κ3) is 2.99. The molecule has 1 aromatic heterocycles. The Kier molecular flexibility index (Phi) is 4.65. The number of nitrogens with one attached hydrogen (secondary N) is 1. The first-order valence-electron chi connectivity index (χ1n) is 9.07. The fourth-order valence-electron chi connectivity index (χ4n) is 4.32. The van der Waals surface area contributed by atoms with E-state index in [0.29, 0.717) is 18.2 Å². The van der Waals surface area contributed by atoms with E-state index in [1.165, 1.54) is 11.3 Å². The summed E-state index contributed by atoms with van der Waals surface area (Å²) < 4.78 is 0. The molecule has 0 spiro atoms. The van der Waals surface area contributed by atoms with Gasteiger partial charge >= 0.3 is 0 Å². The number of hydrogen-bond acceptors (Lipinski definition) is 3. The molecule has 1 aromatic rings. The molecule has 0 aromatic carbocycles. The van der Waals surface area contributed by atoms with Crippen LogP contribution in [0.2, 0.25) is 0 Å². The Bertz CT molecular complexity index is 590. The van der Waals surface area contributed by atoms with Gasteiger partial charge in [-0.15, -0.1) is 0 Å². The lowest BCUT2D eigenvalue weighted by molar-refractivity contribution is 0.0356. The van der Waals surface area contributed by atoms with Crippen molar-refractivity contribution in [2.75, 3.05) is 19.6 Å². The van der Waals surface area contributed by atoms with E-state index in [4.69, 9.17) is 0 Å². The van der Waals surface area contributed by atoms with Crippen molar-refractivity contribution < 1.29 is 9.90 Å². The van der Waals surface area contributed by atoms with E-state index in [0.717, 1.165) is 43.6 Å². The lowest BCUT2D eigenvalue weighted by Crippen LogP contribution is -2.49. The molecule has 0 saturated carbocycles. The van der Waals surface area contributed by atoms with Crippen molar-refractivity contribution in [3.8, 4) is 0 Å². The number of aliphatic hydroxyl groups is 1. The minimum Gasteiger partial charge on any atom is -0.392 e. The predicted molar refractivity (Wildman–Crippen MR) is 91.8 cm³/mol. The van der Waals surface area contributed by atoms with Crippen LogP contribution in [0.4, 0.5) is 0 Å². The minimum absolute atomic E-state index is 0.108. The average molecular weight is 318 g/mol. The first-order chi connectivity index (χ1) is 10.9. The lowest BCUT2D eigenvalue weighted by Gasteiger charge is -2.41. The molecule has 0 amide bonds. The molecule has 1 aliphatic carbocycles. The number of carbonyl (C=O) groups excluding carboxylic acids is 1. The normalized spacial score (nSPS) is 26.3. The third-order valence-corrected chi connectivity index (χ3v) is 5.85. The molecule has 128 valence electrons. The number of hydrogen-bond donors (Lipinski definition) is 2. The number of piperidine rings is 1. The molecule has 1 saturated heterocycles. The number of ketones is 1. The van der Waals surface area contributed by atoms with E-state index in [1.54, 1.807) is 0 Å². The van der Waals surface area contributed by atoms with Gasteiger partial charge < -0.3 is 15.0 Å². The van der Waals surface area contributed by atoms with E-state index >= 15 is 0 Å². The van der Waals surface area contributed by atoms with Gasteiger partial charge in [0.2, 0.25) is 0 Å². The smallest absolute Gasteiger partial charge is 0.169 e. The number of H-pyrrole nitrogens is 1. The Labute approximate surface area is 139 Å². The number of likely N-dealkylation sites (tertiary alicyclic amines) is 1. The van der Waals surface area contributed by atoms with Gasteiger partial charge in [-0.05, 0) is 50.1 Å². The second-order valence-electron chi connectivity index (χ2n) is 7.73. The number of aromatic nitrogens is 1. The van der Waals surface area contributed by atoms with E-state index in [9.17, 15) is 9.90 Å². The lowest BCUT2D eigenvalue weighted by atomic mass is 9.72. The van der Waals surface area contributed by atoms with Crippen LogP contribution in [-0.4, -0.2) is 46.5 Å². The number of Topliss-reactive ketones (excluding diaryl/α,β-unsaturated/α-hetero) is 1. The van der Waals surface area contributed by atoms with Crippen LogP contribution in [0.25, 0.3) is 0 Å². The van der Waals surface area contributed by atoms with Crippen molar-refractivity contribution in [2.45, 2.75) is 53.1 Å². The average Bonchev–Trinajstić information content (AvgIpc) is 2.83. The van der Waals surface area contributed by atoms with E-state index < -0.39 is 0 Å². The Morgan fingerprint density at radius 2 is 2.13 bits per heavy atom. The highest BCUT2D eigenvalue weighted by atomic mass is 16.3. The van der Waals surface area contributed by atoms with Crippen LogP contribution in [0.15, 0.2) is 0 Å². The SMILES string of the molecule is CCc1c(C)[nH]c2c1C(=O)C1CN(CC(O)C(C)C)CCC1C2.